The Kier molecular flexibility index (Phi) is 9.89. The zero-order chi connectivity index (χ0) is 11.5. The van der Waals surface area contributed by atoms with Crippen LogP contribution in [0.5, 0.6) is 0 Å². The van der Waals surface area contributed by atoms with Gasteiger partial charge in [0, 0.05) is 33.1 Å². The van der Waals surface area contributed by atoms with E-state index in [1.54, 1.807) is 0 Å². The van der Waals surface area contributed by atoms with Crippen molar-refractivity contribution in [2.45, 2.75) is 76.3 Å². The van der Waals surface area contributed by atoms with Crippen molar-refractivity contribution in [1.29, 1.82) is 0 Å². The molecule has 0 aromatic carbocycles. The van der Waals surface area contributed by atoms with Crippen LogP contribution < -0.4 is 0 Å². The minimum absolute atomic E-state index is 0. The van der Waals surface area contributed by atoms with Gasteiger partial charge in [0.1, 0.15) is 0 Å². The monoisotopic (exact) mass is 458 g/mol. The zero-order valence-corrected chi connectivity index (χ0v) is 15.4. The van der Waals surface area contributed by atoms with E-state index in [1.165, 1.54) is 64.2 Å². The fourth-order valence-corrected chi connectivity index (χ4v) is 3.58. The average molecular weight is 459 g/mol. The first kappa shape index (κ1) is 20.0. The molecular formula is C17H31N2Pt-3. The number of rotatable bonds is 2. The third-order valence-electron chi connectivity index (χ3n) is 4.67. The van der Waals surface area contributed by atoms with Gasteiger partial charge in [-0.1, -0.05) is 38.5 Å². The Labute approximate surface area is 141 Å². The third-order valence-corrected chi connectivity index (χ3v) is 4.67. The predicted octanol–water partition coefficient (Wildman–Crippen LogP) is 4.76. The maximum absolute atomic E-state index is 2.48. The summed E-state index contributed by atoms with van der Waals surface area (Å²) >= 11 is 0. The van der Waals surface area contributed by atoms with E-state index in [0.29, 0.717) is 0 Å². The number of nitrogens with zero attached hydrogens (tertiary/aromatic N) is 2. The van der Waals surface area contributed by atoms with Crippen LogP contribution in [0, 0.1) is 21.5 Å². The van der Waals surface area contributed by atoms with E-state index >= 15 is 0 Å². The Hall–Kier alpha value is 0.0283. The molecule has 0 saturated heterocycles. The van der Waals surface area contributed by atoms with Crippen LogP contribution in [0.25, 0.3) is 0 Å². The molecule has 0 unspecified atom stereocenters. The maximum atomic E-state index is 2.48. The summed E-state index contributed by atoms with van der Waals surface area (Å²) in [5.41, 5.74) is 0. The Balaban J connectivity index is 0.00000120. The van der Waals surface area contributed by atoms with Crippen molar-refractivity contribution in [1.82, 2.24) is 9.80 Å². The summed E-state index contributed by atoms with van der Waals surface area (Å²) in [4.78, 5) is 4.96. The predicted molar refractivity (Wildman–Crippen MR) is 83.7 cm³/mol. The van der Waals surface area contributed by atoms with Crippen molar-refractivity contribution in [2.75, 3.05) is 0 Å². The van der Waals surface area contributed by atoms with Crippen LogP contribution in [-0.4, -0.2) is 21.9 Å². The van der Waals surface area contributed by atoms with E-state index in [9.17, 15) is 0 Å². The molecule has 122 valence electrons. The first-order valence-electron chi connectivity index (χ1n) is 7.52. The van der Waals surface area contributed by atoms with Crippen LogP contribution in [0.2, 0.25) is 0 Å². The van der Waals surface area contributed by atoms with Gasteiger partial charge in [0.2, 0.25) is 0 Å². The van der Waals surface area contributed by atoms with Gasteiger partial charge in [0.15, 0.2) is 0 Å². The first-order valence-corrected chi connectivity index (χ1v) is 7.52. The molecule has 3 heteroatoms. The van der Waals surface area contributed by atoms with E-state index in [0.717, 1.165) is 12.1 Å². The molecule has 0 aromatic rings. The maximum Gasteiger partial charge on any atom is 0.00117 e. The second-order valence-electron chi connectivity index (χ2n) is 5.89. The van der Waals surface area contributed by atoms with Crippen molar-refractivity contribution < 1.29 is 21.1 Å². The summed E-state index contributed by atoms with van der Waals surface area (Å²) in [5, 5.41) is 0. The molecule has 2 saturated carbocycles. The SMILES string of the molecule is C1=CN(C2CCCCC2)[CH-]N1C1CCCCC1.[CH3-].[CH3-].[Pt]. The largest absolute Gasteiger partial charge is 0.506 e. The summed E-state index contributed by atoms with van der Waals surface area (Å²) in [7, 11) is 0. The molecule has 2 fully saturated rings. The molecule has 0 N–H and O–H groups in total. The van der Waals surface area contributed by atoms with E-state index in [-0.39, 0.29) is 35.9 Å². The Morgan fingerprint density at radius 3 is 1.35 bits per heavy atom. The zero-order valence-electron chi connectivity index (χ0n) is 13.2. The Morgan fingerprint density at radius 2 is 1.00 bits per heavy atom. The molecule has 2 nitrogen and oxygen atoms in total. The van der Waals surface area contributed by atoms with Crippen LogP contribution in [0.3, 0.4) is 0 Å². The van der Waals surface area contributed by atoms with Crippen molar-refractivity contribution in [3.63, 3.8) is 0 Å². The molecule has 0 bridgehead atoms. The van der Waals surface area contributed by atoms with Crippen LogP contribution in [-0.2, 0) is 21.1 Å². The second kappa shape index (κ2) is 9.87. The van der Waals surface area contributed by atoms with Crippen LogP contribution in [0.1, 0.15) is 64.2 Å². The number of hydrogen-bond acceptors (Lipinski definition) is 2. The van der Waals surface area contributed by atoms with Gasteiger partial charge in [-0.05, 0) is 38.1 Å². The minimum Gasteiger partial charge on any atom is -0.506 e. The number of hydrogen-bond donors (Lipinski definition) is 0. The topological polar surface area (TPSA) is 6.48 Å². The molecule has 0 atom stereocenters. The van der Waals surface area contributed by atoms with Crippen molar-refractivity contribution in [3.8, 4) is 0 Å². The Morgan fingerprint density at radius 1 is 0.650 bits per heavy atom. The van der Waals surface area contributed by atoms with Crippen LogP contribution >= 0.6 is 0 Å². The fraction of sp³-hybridized carbons (Fsp3) is 0.706. The molecule has 0 radical (unpaired) electrons. The molecule has 0 spiro atoms. The van der Waals surface area contributed by atoms with E-state index < -0.39 is 0 Å². The van der Waals surface area contributed by atoms with Gasteiger partial charge in [-0.3, -0.25) is 0 Å². The van der Waals surface area contributed by atoms with E-state index in [2.05, 4.69) is 28.9 Å². The molecule has 3 aliphatic rings. The third kappa shape index (κ3) is 4.79. The molecule has 1 heterocycles. The van der Waals surface area contributed by atoms with E-state index in [4.69, 9.17) is 0 Å². The fourth-order valence-electron chi connectivity index (χ4n) is 3.58. The van der Waals surface area contributed by atoms with Gasteiger partial charge in [0.05, 0.1) is 0 Å². The summed E-state index contributed by atoms with van der Waals surface area (Å²) < 4.78 is 0. The molecule has 3 rings (SSSR count). The first-order chi connectivity index (χ1) is 8.43. The molecular weight excluding hydrogens is 427 g/mol. The van der Waals surface area contributed by atoms with E-state index in [1.807, 2.05) is 0 Å². The van der Waals surface area contributed by atoms with Crippen molar-refractivity contribution >= 4 is 0 Å². The quantitative estimate of drug-likeness (QED) is 0.551. The van der Waals surface area contributed by atoms with Crippen LogP contribution in [0.15, 0.2) is 12.4 Å². The molecule has 2 aliphatic carbocycles. The summed E-state index contributed by atoms with van der Waals surface area (Å²) in [5.74, 6) is 0. The normalized spacial score (nSPS) is 23.8. The second-order valence-corrected chi connectivity index (χ2v) is 5.89. The van der Waals surface area contributed by atoms with Gasteiger partial charge < -0.3 is 24.7 Å². The van der Waals surface area contributed by atoms with Crippen molar-refractivity contribution in [2.24, 2.45) is 0 Å². The van der Waals surface area contributed by atoms with Crippen molar-refractivity contribution in [3.05, 3.63) is 33.9 Å². The van der Waals surface area contributed by atoms with Gasteiger partial charge in [-0.25, -0.2) is 0 Å². The summed E-state index contributed by atoms with van der Waals surface area (Å²) in [6.07, 6.45) is 18.8. The minimum atomic E-state index is 0. The van der Waals surface area contributed by atoms with Gasteiger partial charge in [-0.15, -0.1) is 0 Å². The van der Waals surface area contributed by atoms with Gasteiger partial charge in [0.25, 0.3) is 0 Å². The van der Waals surface area contributed by atoms with Crippen LogP contribution in [0.4, 0.5) is 0 Å². The summed E-state index contributed by atoms with van der Waals surface area (Å²) in [6.45, 7) is 2.38. The standard InChI is InChI=1S/C15H25N2.2CH3.Pt/c1-3-7-14(8-4-1)16-11-12-17(13-16)15-9-5-2-6-10-15;;;/h11-15H,1-10H2;2*1H3;/q3*-1;. The summed E-state index contributed by atoms with van der Waals surface area (Å²) in [6, 6.07) is 1.57. The molecule has 0 aromatic heterocycles. The van der Waals surface area contributed by atoms with Gasteiger partial charge >= 0.3 is 0 Å². The average Bonchev–Trinajstić information content (AvgIpc) is 2.90. The molecule has 20 heavy (non-hydrogen) atoms. The Bertz CT molecular complexity index is 242. The van der Waals surface area contributed by atoms with Gasteiger partial charge in [-0.2, -0.15) is 6.67 Å². The smallest absolute Gasteiger partial charge is 0.00117 e. The molecule has 1 aliphatic heterocycles. The molecule has 0 amide bonds.